The Morgan fingerprint density at radius 3 is 2.65 bits per heavy atom. The molecule has 1 aromatic rings. The largest absolute Gasteiger partial charge is 0.497 e. The Balaban J connectivity index is 2.64. The van der Waals surface area contributed by atoms with Crippen molar-refractivity contribution in [3.05, 3.63) is 29.8 Å². The summed E-state index contributed by atoms with van der Waals surface area (Å²) in [5.74, 6) is 0.540. The highest BCUT2D eigenvalue weighted by Gasteiger charge is 2.17. The zero-order valence-corrected chi connectivity index (χ0v) is 10.7. The van der Waals surface area contributed by atoms with Gasteiger partial charge in [-0.3, -0.25) is 4.79 Å². The first-order valence-corrected chi connectivity index (χ1v) is 5.46. The molecular formula is C13H19NO3. The second-order valence-corrected chi connectivity index (χ2v) is 4.38. The summed E-state index contributed by atoms with van der Waals surface area (Å²) in [7, 11) is 3.20. The summed E-state index contributed by atoms with van der Waals surface area (Å²) in [5, 5.41) is 2.82. The van der Waals surface area contributed by atoms with Crippen LogP contribution < -0.4 is 10.1 Å². The lowest BCUT2D eigenvalue weighted by molar-refractivity contribution is 0.0229. The van der Waals surface area contributed by atoms with E-state index in [1.54, 1.807) is 38.5 Å². The molecule has 94 valence electrons. The molecule has 0 saturated carbocycles. The second-order valence-electron chi connectivity index (χ2n) is 4.38. The number of ether oxygens (including phenoxy) is 2. The molecule has 0 spiro atoms. The van der Waals surface area contributed by atoms with E-state index in [9.17, 15) is 4.79 Å². The van der Waals surface area contributed by atoms with Crippen molar-refractivity contribution in [3.8, 4) is 5.75 Å². The lowest BCUT2D eigenvalue weighted by Gasteiger charge is -2.23. The van der Waals surface area contributed by atoms with Crippen LogP contribution in [-0.4, -0.2) is 32.3 Å². The van der Waals surface area contributed by atoms with Gasteiger partial charge in [0.2, 0.25) is 0 Å². The quantitative estimate of drug-likeness (QED) is 0.850. The molecule has 4 heteroatoms. The highest BCUT2D eigenvalue weighted by atomic mass is 16.5. The molecule has 0 saturated heterocycles. The Morgan fingerprint density at radius 1 is 1.35 bits per heavy atom. The van der Waals surface area contributed by atoms with Gasteiger partial charge in [-0.2, -0.15) is 0 Å². The lowest BCUT2D eigenvalue weighted by Crippen LogP contribution is -2.39. The van der Waals surface area contributed by atoms with Crippen molar-refractivity contribution in [3.63, 3.8) is 0 Å². The molecule has 0 aliphatic carbocycles. The van der Waals surface area contributed by atoms with Gasteiger partial charge >= 0.3 is 0 Å². The van der Waals surface area contributed by atoms with Crippen LogP contribution in [0.2, 0.25) is 0 Å². The van der Waals surface area contributed by atoms with E-state index in [2.05, 4.69) is 5.32 Å². The Bertz CT molecular complexity index is 388. The summed E-state index contributed by atoms with van der Waals surface area (Å²) in [6.45, 7) is 4.29. The van der Waals surface area contributed by atoms with E-state index in [0.717, 1.165) is 0 Å². The maximum Gasteiger partial charge on any atom is 0.251 e. The molecular weight excluding hydrogens is 218 g/mol. The van der Waals surface area contributed by atoms with Gasteiger partial charge in [0.25, 0.3) is 5.91 Å². The molecule has 0 aliphatic heterocycles. The van der Waals surface area contributed by atoms with Crippen molar-refractivity contribution in [1.82, 2.24) is 5.32 Å². The minimum atomic E-state index is -0.367. The number of carbonyl (C=O) groups excluding carboxylic acids is 1. The van der Waals surface area contributed by atoms with Crippen LogP contribution >= 0.6 is 0 Å². The van der Waals surface area contributed by atoms with Crippen molar-refractivity contribution < 1.29 is 14.3 Å². The predicted octanol–water partition coefficient (Wildman–Crippen LogP) is 1.85. The fourth-order valence-corrected chi connectivity index (χ4v) is 1.23. The van der Waals surface area contributed by atoms with Crippen molar-refractivity contribution in [2.24, 2.45) is 0 Å². The Hall–Kier alpha value is -1.55. The molecule has 1 amide bonds. The molecule has 1 aromatic carbocycles. The zero-order valence-electron chi connectivity index (χ0n) is 10.7. The van der Waals surface area contributed by atoms with Crippen LogP contribution in [-0.2, 0) is 4.74 Å². The summed E-state index contributed by atoms with van der Waals surface area (Å²) in [6, 6.07) is 7.04. The summed E-state index contributed by atoms with van der Waals surface area (Å²) in [5.41, 5.74) is 0.213. The van der Waals surface area contributed by atoms with Crippen LogP contribution in [0.25, 0.3) is 0 Å². The van der Waals surface area contributed by atoms with Crippen molar-refractivity contribution in [2.75, 3.05) is 20.8 Å². The molecule has 0 fully saturated rings. The minimum Gasteiger partial charge on any atom is -0.497 e. The van der Waals surface area contributed by atoms with Gasteiger partial charge in [-0.1, -0.05) is 6.07 Å². The number of nitrogens with one attached hydrogen (secondary N) is 1. The molecule has 0 aromatic heterocycles. The number of rotatable bonds is 5. The average molecular weight is 237 g/mol. The Kier molecular flexibility index (Phi) is 4.52. The summed E-state index contributed by atoms with van der Waals surface area (Å²) >= 11 is 0. The summed E-state index contributed by atoms with van der Waals surface area (Å²) < 4.78 is 10.3. The van der Waals surface area contributed by atoms with Gasteiger partial charge in [0, 0.05) is 19.2 Å². The maximum absolute atomic E-state index is 11.9. The van der Waals surface area contributed by atoms with Crippen LogP contribution in [0.5, 0.6) is 5.75 Å². The first kappa shape index (κ1) is 13.5. The third-order valence-corrected chi connectivity index (χ3v) is 2.56. The van der Waals surface area contributed by atoms with E-state index in [0.29, 0.717) is 17.9 Å². The topological polar surface area (TPSA) is 47.6 Å². The van der Waals surface area contributed by atoms with Crippen molar-refractivity contribution >= 4 is 5.91 Å². The van der Waals surface area contributed by atoms with Crippen LogP contribution in [0.3, 0.4) is 0 Å². The summed E-state index contributed by atoms with van der Waals surface area (Å²) in [6.07, 6.45) is 0. The number of benzene rings is 1. The first-order chi connectivity index (χ1) is 7.98. The Labute approximate surface area is 102 Å². The van der Waals surface area contributed by atoms with Crippen molar-refractivity contribution in [1.29, 1.82) is 0 Å². The molecule has 0 bridgehead atoms. The van der Waals surface area contributed by atoms with Crippen LogP contribution in [0.15, 0.2) is 24.3 Å². The van der Waals surface area contributed by atoms with E-state index in [4.69, 9.17) is 9.47 Å². The highest BCUT2D eigenvalue weighted by Crippen LogP contribution is 2.12. The highest BCUT2D eigenvalue weighted by molar-refractivity contribution is 5.94. The van der Waals surface area contributed by atoms with Gasteiger partial charge in [-0.25, -0.2) is 0 Å². The smallest absolute Gasteiger partial charge is 0.251 e. The first-order valence-electron chi connectivity index (χ1n) is 5.46. The normalized spacial score (nSPS) is 11.1. The number of hydrogen-bond donors (Lipinski definition) is 1. The van der Waals surface area contributed by atoms with E-state index < -0.39 is 0 Å². The zero-order chi connectivity index (χ0) is 12.9. The van der Waals surface area contributed by atoms with Gasteiger partial charge in [-0.15, -0.1) is 0 Å². The van der Waals surface area contributed by atoms with Crippen LogP contribution in [0, 0.1) is 0 Å². The maximum atomic E-state index is 11.9. The molecule has 17 heavy (non-hydrogen) atoms. The molecule has 1 rings (SSSR count). The second kappa shape index (κ2) is 5.68. The van der Waals surface area contributed by atoms with Gasteiger partial charge in [-0.05, 0) is 32.0 Å². The van der Waals surface area contributed by atoms with Gasteiger partial charge in [0.05, 0.1) is 12.7 Å². The lowest BCUT2D eigenvalue weighted by atomic mass is 10.1. The fraction of sp³-hybridized carbons (Fsp3) is 0.462. The summed E-state index contributed by atoms with van der Waals surface area (Å²) in [4.78, 5) is 11.9. The van der Waals surface area contributed by atoms with E-state index >= 15 is 0 Å². The number of amides is 1. The standard InChI is InChI=1S/C13H19NO3/c1-13(2,17-4)9-14-12(15)10-6-5-7-11(8-10)16-3/h5-8H,9H2,1-4H3,(H,14,15). The van der Waals surface area contributed by atoms with Crippen LogP contribution in [0.4, 0.5) is 0 Å². The predicted molar refractivity (Wildman–Crippen MR) is 66.4 cm³/mol. The van der Waals surface area contributed by atoms with Crippen LogP contribution in [0.1, 0.15) is 24.2 Å². The third kappa shape index (κ3) is 4.07. The molecule has 0 unspecified atom stereocenters. The molecule has 0 atom stereocenters. The SMILES string of the molecule is COc1cccc(C(=O)NCC(C)(C)OC)c1. The number of carbonyl (C=O) groups is 1. The average Bonchev–Trinajstić information content (AvgIpc) is 2.36. The number of methoxy groups -OCH3 is 2. The molecule has 4 nitrogen and oxygen atoms in total. The van der Waals surface area contributed by atoms with Gasteiger partial charge < -0.3 is 14.8 Å². The van der Waals surface area contributed by atoms with E-state index in [1.807, 2.05) is 13.8 Å². The Morgan fingerprint density at radius 2 is 2.06 bits per heavy atom. The van der Waals surface area contributed by atoms with Gasteiger partial charge in [0.15, 0.2) is 0 Å². The van der Waals surface area contributed by atoms with Crippen molar-refractivity contribution in [2.45, 2.75) is 19.4 Å². The molecule has 1 N–H and O–H groups in total. The molecule has 0 heterocycles. The fourth-order valence-electron chi connectivity index (χ4n) is 1.23. The van der Waals surface area contributed by atoms with E-state index in [1.165, 1.54) is 0 Å². The molecule has 0 aliphatic rings. The minimum absolute atomic E-state index is 0.131. The monoisotopic (exact) mass is 237 g/mol. The molecule has 0 radical (unpaired) electrons. The number of hydrogen-bond acceptors (Lipinski definition) is 3. The third-order valence-electron chi connectivity index (χ3n) is 2.56. The van der Waals surface area contributed by atoms with E-state index in [-0.39, 0.29) is 11.5 Å². The van der Waals surface area contributed by atoms with Gasteiger partial charge in [0.1, 0.15) is 5.75 Å².